The van der Waals surface area contributed by atoms with E-state index in [0.717, 1.165) is 17.7 Å². The van der Waals surface area contributed by atoms with E-state index in [4.69, 9.17) is 9.47 Å². The highest BCUT2D eigenvalue weighted by atomic mass is 19.4. The molecule has 0 bridgehead atoms. The Morgan fingerprint density at radius 1 is 1.19 bits per heavy atom. The molecule has 170 valence electrons. The van der Waals surface area contributed by atoms with E-state index < -0.39 is 41.8 Å². The van der Waals surface area contributed by atoms with Gasteiger partial charge in [0.1, 0.15) is 6.61 Å². The molecule has 0 radical (unpaired) electrons. The smallest absolute Gasteiger partial charge is 0.416 e. The van der Waals surface area contributed by atoms with Crippen molar-refractivity contribution in [2.75, 3.05) is 13.2 Å². The number of hydrogen-bond donors (Lipinski definition) is 1. The largest absolute Gasteiger partial charge is 0.461 e. The number of ether oxygens (including phenoxy) is 2. The Labute approximate surface area is 183 Å². The first-order chi connectivity index (χ1) is 15.2. The van der Waals surface area contributed by atoms with Crippen LogP contribution in [-0.4, -0.2) is 35.9 Å². The van der Waals surface area contributed by atoms with Gasteiger partial charge in [0.15, 0.2) is 5.60 Å². The average molecular weight is 448 g/mol. The molecule has 2 atom stereocenters. The van der Waals surface area contributed by atoms with Crippen LogP contribution in [0.5, 0.6) is 0 Å². The third kappa shape index (κ3) is 5.37. The maximum absolute atomic E-state index is 12.7. The van der Waals surface area contributed by atoms with E-state index in [1.165, 1.54) is 18.2 Å². The van der Waals surface area contributed by atoms with Crippen LogP contribution >= 0.6 is 0 Å². The number of aliphatic hydroxyl groups is 1. The van der Waals surface area contributed by atoms with Crippen LogP contribution in [-0.2, 0) is 25.2 Å². The molecule has 0 saturated carbocycles. The van der Waals surface area contributed by atoms with E-state index in [1.807, 2.05) is 37.3 Å². The lowest BCUT2D eigenvalue weighted by Crippen LogP contribution is -2.39. The minimum Gasteiger partial charge on any atom is -0.461 e. The highest BCUT2D eigenvalue weighted by molar-refractivity contribution is 5.96. The lowest BCUT2D eigenvalue weighted by molar-refractivity contribution is -0.167. The Morgan fingerprint density at radius 2 is 1.84 bits per heavy atom. The normalized spacial score (nSPS) is 20.8. The van der Waals surface area contributed by atoms with Crippen molar-refractivity contribution in [3.05, 3.63) is 76.9 Å². The third-order valence-corrected chi connectivity index (χ3v) is 5.32. The lowest BCUT2D eigenvalue weighted by atomic mass is 9.96. The highest BCUT2D eigenvalue weighted by Gasteiger charge is 2.45. The first-order valence-corrected chi connectivity index (χ1v) is 10.1. The van der Waals surface area contributed by atoms with Gasteiger partial charge in [-0.05, 0) is 35.8 Å². The number of carbonyl (C=O) groups is 2. The number of rotatable bonds is 7. The summed E-state index contributed by atoms with van der Waals surface area (Å²) in [5, 5.41) is 9.85. The van der Waals surface area contributed by atoms with Crippen LogP contribution in [0.4, 0.5) is 13.2 Å². The number of hydrogen-bond acceptors (Lipinski definition) is 5. The van der Waals surface area contributed by atoms with Gasteiger partial charge in [-0.2, -0.15) is 13.2 Å². The van der Waals surface area contributed by atoms with Crippen molar-refractivity contribution >= 4 is 18.0 Å². The predicted molar refractivity (Wildman–Crippen MR) is 110 cm³/mol. The maximum atomic E-state index is 12.7. The quantitative estimate of drug-likeness (QED) is 0.499. The third-order valence-electron chi connectivity index (χ3n) is 5.32. The van der Waals surface area contributed by atoms with Crippen molar-refractivity contribution in [2.24, 2.45) is 0 Å². The van der Waals surface area contributed by atoms with Crippen LogP contribution < -0.4 is 0 Å². The fraction of sp³-hybridized carbons (Fsp3) is 0.333. The van der Waals surface area contributed by atoms with Gasteiger partial charge in [0.25, 0.3) is 0 Å². The number of aliphatic hydroxyl groups excluding tert-OH is 1. The second kappa shape index (κ2) is 9.56. The van der Waals surface area contributed by atoms with Crippen molar-refractivity contribution in [3.8, 4) is 0 Å². The molecule has 3 rings (SSSR count). The van der Waals surface area contributed by atoms with Crippen molar-refractivity contribution in [3.63, 3.8) is 0 Å². The molecule has 1 N–H and O–H groups in total. The second-order valence-electron chi connectivity index (χ2n) is 7.68. The Kier molecular flexibility index (Phi) is 7.03. The molecule has 1 saturated heterocycles. The molecule has 0 aliphatic carbocycles. The minimum absolute atomic E-state index is 0.0429. The summed E-state index contributed by atoms with van der Waals surface area (Å²) in [7, 11) is 0. The minimum atomic E-state index is -4.45. The Morgan fingerprint density at radius 3 is 2.41 bits per heavy atom. The number of benzene rings is 2. The molecule has 1 fully saturated rings. The summed E-state index contributed by atoms with van der Waals surface area (Å²) in [6, 6.07) is 13.4. The van der Waals surface area contributed by atoms with Gasteiger partial charge in [-0.15, -0.1) is 0 Å². The van der Waals surface area contributed by atoms with Crippen molar-refractivity contribution in [1.82, 2.24) is 0 Å². The summed E-state index contributed by atoms with van der Waals surface area (Å²) in [4.78, 5) is 24.9. The van der Waals surface area contributed by atoms with Crippen LogP contribution in [0.15, 0.2) is 60.2 Å². The zero-order valence-corrected chi connectivity index (χ0v) is 17.4. The number of carbonyl (C=O) groups excluding carboxylic acids is 2. The molecule has 8 heteroatoms. The predicted octanol–water partition coefficient (Wildman–Crippen LogP) is 4.50. The first kappa shape index (κ1) is 23.5. The molecule has 1 heterocycles. The van der Waals surface area contributed by atoms with Gasteiger partial charge >= 0.3 is 18.1 Å². The SMILES string of the molecule is CCC(C(=O)OCC1(CO)C/C(=C/c2ccc(C(F)(F)F)cc2)C(=O)O1)c1ccccc1. The van der Waals surface area contributed by atoms with Gasteiger partial charge in [-0.3, -0.25) is 4.79 Å². The standard InChI is InChI=1S/C24H23F3O5/c1-2-20(17-6-4-3-5-7-17)22(30)31-15-23(14-28)13-18(21(29)32-23)12-16-8-10-19(11-9-16)24(25,26)27/h3-12,20,28H,2,13-15H2,1H3/b18-12-. The monoisotopic (exact) mass is 448 g/mol. The molecule has 0 aromatic heterocycles. The summed E-state index contributed by atoms with van der Waals surface area (Å²) < 4.78 is 48.9. The van der Waals surface area contributed by atoms with Crippen LogP contribution in [0.2, 0.25) is 0 Å². The molecule has 1 aliphatic heterocycles. The Hall–Kier alpha value is -3.13. The molecule has 2 aromatic rings. The van der Waals surface area contributed by atoms with E-state index in [9.17, 15) is 27.9 Å². The van der Waals surface area contributed by atoms with Gasteiger partial charge in [0, 0.05) is 12.0 Å². The van der Waals surface area contributed by atoms with Crippen molar-refractivity contribution in [2.45, 2.75) is 37.5 Å². The fourth-order valence-electron chi connectivity index (χ4n) is 3.54. The number of alkyl halides is 3. The molecule has 2 aromatic carbocycles. The average Bonchev–Trinajstić information content (AvgIpc) is 3.09. The van der Waals surface area contributed by atoms with Gasteiger partial charge in [0.2, 0.25) is 0 Å². The lowest BCUT2D eigenvalue weighted by Gasteiger charge is -2.25. The van der Waals surface area contributed by atoms with E-state index in [2.05, 4.69) is 0 Å². The summed E-state index contributed by atoms with van der Waals surface area (Å²) in [5.41, 5.74) is -0.881. The van der Waals surface area contributed by atoms with E-state index in [-0.39, 0.29) is 18.6 Å². The highest BCUT2D eigenvalue weighted by Crippen LogP contribution is 2.34. The summed E-state index contributed by atoms with van der Waals surface area (Å²) >= 11 is 0. The molecule has 0 spiro atoms. The van der Waals surface area contributed by atoms with Crippen LogP contribution in [0.3, 0.4) is 0 Å². The number of esters is 2. The topological polar surface area (TPSA) is 72.8 Å². The van der Waals surface area contributed by atoms with E-state index >= 15 is 0 Å². The summed E-state index contributed by atoms with van der Waals surface area (Å²) in [6.07, 6.45) is -2.59. The molecule has 0 amide bonds. The second-order valence-corrected chi connectivity index (χ2v) is 7.68. The first-order valence-electron chi connectivity index (χ1n) is 10.1. The zero-order chi connectivity index (χ0) is 23.4. The van der Waals surface area contributed by atoms with Gasteiger partial charge < -0.3 is 14.6 Å². The molecule has 5 nitrogen and oxygen atoms in total. The van der Waals surface area contributed by atoms with Gasteiger partial charge in [0.05, 0.1) is 18.1 Å². The summed E-state index contributed by atoms with van der Waals surface area (Å²) in [6.45, 7) is 0.946. The van der Waals surface area contributed by atoms with Crippen molar-refractivity contribution < 1.29 is 37.3 Å². The van der Waals surface area contributed by atoms with E-state index in [0.29, 0.717) is 12.0 Å². The van der Waals surface area contributed by atoms with Crippen molar-refractivity contribution in [1.29, 1.82) is 0 Å². The Bertz CT molecular complexity index is 983. The summed E-state index contributed by atoms with van der Waals surface area (Å²) in [5.74, 6) is -1.71. The van der Waals surface area contributed by atoms with Crippen LogP contribution in [0.1, 0.15) is 42.4 Å². The molecular weight excluding hydrogens is 425 g/mol. The van der Waals surface area contributed by atoms with Crippen LogP contribution in [0, 0.1) is 0 Å². The van der Waals surface area contributed by atoms with Gasteiger partial charge in [-0.1, -0.05) is 49.4 Å². The van der Waals surface area contributed by atoms with E-state index in [1.54, 1.807) is 0 Å². The molecule has 32 heavy (non-hydrogen) atoms. The number of halogens is 3. The molecule has 2 unspecified atom stereocenters. The fourth-order valence-corrected chi connectivity index (χ4v) is 3.54. The molecule has 1 aliphatic rings. The van der Waals surface area contributed by atoms with Crippen LogP contribution in [0.25, 0.3) is 6.08 Å². The zero-order valence-electron chi connectivity index (χ0n) is 17.4. The number of cyclic esters (lactones) is 1. The van der Waals surface area contributed by atoms with Gasteiger partial charge in [-0.25, -0.2) is 4.79 Å². The Balaban J connectivity index is 1.70. The maximum Gasteiger partial charge on any atom is 0.416 e. The molecular formula is C24H23F3O5.